The van der Waals surface area contributed by atoms with Crippen LogP contribution in [-0.2, 0) is 28.6 Å². The maximum absolute atomic E-state index is 12.8. The molecule has 0 radical (unpaired) electrons. The van der Waals surface area contributed by atoms with E-state index in [1.807, 2.05) is 0 Å². The molecule has 0 aliphatic carbocycles. The van der Waals surface area contributed by atoms with Crippen LogP contribution in [0.5, 0.6) is 0 Å². The molecule has 0 aliphatic rings. The summed E-state index contributed by atoms with van der Waals surface area (Å²) in [5.74, 6) is -0.957. The maximum Gasteiger partial charge on any atom is 0.306 e. The van der Waals surface area contributed by atoms with Crippen molar-refractivity contribution in [2.75, 3.05) is 13.2 Å². The van der Waals surface area contributed by atoms with Crippen molar-refractivity contribution in [3.8, 4) is 0 Å². The van der Waals surface area contributed by atoms with Crippen LogP contribution >= 0.6 is 0 Å². The van der Waals surface area contributed by atoms with E-state index in [1.165, 1.54) is 64.2 Å². The summed E-state index contributed by atoms with van der Waals surface area (Å²) in [7, 11) is 0. The summed E-state index contributed by atoms with van der Waals surface area (Å²) < 4.78 is 16.7. The Labute approximate surface area is 387 Å². The minimum absolute atomic E-state index is 0.0986. The lowest BCUT2D eigenvalue weighted by atomic mass is 10.1. The molecule has 0 saturated heterocycles. The van der Waals surface area contributed by atoms with Gasteiger partial charge in [0.1, 0.15) is 13.2 Å². The number of ether oxygens (including phenoxy) is 3. The Balaban J connectivity index is 4.46. The average molecular weight is 875 g/mol. The van der Waals surface area contributed by atoms with Crippen LogP contribution in [0.2, 0.25) is 0 Å². The van der Waals surface area contributed by atoms with Crippen LogP contribution in [0.25, 0.3) is 0 Å². The number of unbranched alkanes of at least 4 members (excludes halogenated alkanes) is 19. The molecule has 0 rings (SSSR count). The molecule has 0 spiro atoms. The molecule has 0 aliphatic heterocycles. The highest BCUT2D eigenvalue weighted by Crippen LogP contribution is 2.13. The lowest BCUT2D eigenvalue weighted by Gasteiger charge is -2.18. The fraction of sp³-hybridized carbons (Fsp3) is 0.667. The first kappa shape index (κ1) is 59.3. The number of rotatable bonds is 45. The number of hydrogen-bond donors (Lipinski definition) is 0. The van der Waals surface area contributed by atoms with Crippen LogP contribution < -0.4 is 0 Å². The van der Waals surface area contributed by atoms with Gasteiger partial charge in [-0.15, -0.1) is 0 Å². The lowest BCUT2D eigenvalue weighted by molar-refractivity contribution is -0.167. The number of esters is 3. The van der Waals surface area contributed by atoms with Crippen LogP contribution in [0.4, 0.5) is 0 Å². The molecular formula is C57H94O6. The molecule has 63 heavy (non-hydrogen) atoms. The van der Waals surface area contributed by atoms with Crippen LogP contribution in [0.15, 0.2) is 97.2 Å². The van der Waals surface area contributed by atoms with Crippen molar-refractivity contribution in [1.29, 1.82) is 0 Å². The van der Waals surface area contributed by atoms with Gasteiger partial charge in [0.05, 0.1) is 0 Å². The van der Waals surface area contributed by atoms with Crippen LogP contribution in [0.3, 0.4) is 0 Å². The molecule has 0 amide bonds. The SMILES string of the molecule is CC/C=C\C/C=C\C/C=C\C/C=C\C/C=C\CCCCCC(=O)OCC(COC(=O)CCCCCCC/C=C\CCCC)OC(=O)CCCCCCCC/C=C\C=C/CCCCC. The number of hydrogen-bond acceptors (Lipinski definition) is 6. The molecule has 0 fully saturated rings. The summed E-state index contributed by atoms with van der Waals surface area (Å²) in [6.07, 6.45) is 66.7. The predicted molar refractivity (Wildman–Crippen MR) is 270 cm³/mol. The molecule has 6 nitrogen and oxygen atoms in total. The Morgan fingerprint density at radius 3 is 1.14 bits per heavy atom. The zero-order valence-corrected chi connectivity index (χ0v) is 40.8. The van der Waals surface area contributed by atoms with Gasteiger partial charge >= 0.3 is 17.9 Å². The van der Waals surface area contributed by atoms with Gasteiger partial charge in [-0.1, -0.05) is 195 Å². The summed E-state index contributed by atoms with van der Waals surface area (Å²) in [5.41, 5.74) is 0. The molecule has 0 saturated carbocycles. The van der Waals surface area contributed by atoms with Gasteiger partial charge in [-0.3, -0.25) is 14.4 Å². The van der Waals surface area contributed by atoms with Gasteiger partial charge < -0.3 is 14.2 Å². The molecule has 0 bridgehead atoms. The Kier molecular flexibility index (Phi) is 48.0. The van der Waals surface area contributed by atoms with Crippen molar-refractivity contribution in [1.82, 2.24) is 0 Å². The molecule has 1 unspecified atom stereocenters. The average Bonchev–Trinajstić information content (AvgIpc) is 3.28. The highest BCUT2D eigenvalue weighted by Gasteiger charge is 2.19. The van der Waals surface area contributed by atoms with Gasteiger partial charge in [-0.2, -0.15) is 0 Å². The van der Waals surface area contributed by atoms with Gasteiger partial charge in [0.2, 0.25) is 0 Å². The lowest BCUT2D eigenvalue weighted by Crippen LogP contribution is -2.30. The van der Waals surface area contributed by atoms with E-state index in [4.69, 9.17) is 14.2 Å². The zero-order valence-electron chi connectivity index (χ0n) is 40.8. The topological polar surface area (TPSA) is 78.9 Å². The van der Waals surface area contributed by atoms with Crippen molar-refractivity contribution in [3.05, 3.63) is 97.2 Å². The van der Waals surface area contributed by atoms with E-state index in [2.05, 4.69) is 118 Å². The van der Waals surface area contributed by atoms with E-state index in [9.17, 15) is 14.4 Å². The summed E-state index contributed by atoms with van der Waals surface area (Å²) in [4.78, 5) is 37.9. The Bertz CT molecular complexity index is 1280. The second-order valence-corrected chi connectivity index (χ2v) is 16.7. The van der Waals surface area contributed by atoms with Crippen LogP contribution in [0, 0.1) is 0 Å². The molecule has 0 N–H and O–H groups in total. The highest BCUT2D eigenvalue weighted by molar-refractivity contribution is 5.71. The second kappa shape index (κ2) is 51.0. The van der Waals surface area contributed by atoms with Gasteiger partial charge in [0, 0.05) is 19.3 Å². The van der Waals surface area contributed by atoms with E-state index >= 15 is 0 Å². The second-order valence-electron chi connectivity index (χ2n) is 16.7. The molecule has 1 atom stereocenters. The van der Waals surface area contributed by atoms with Crippen molar-refractivity contribution >= 4 is 17.9 Å². The van der Waals surface area contributed by atoms with Crippen molar-refractivity contribution in [2.45, 2.75) is 232 Å². The van der Waals surface area contributed by atoms with Crippen molar-refractivity contribution in [2.24, 2.45) is 0 Å². The minimum Gasteiger partial charge on any atom is -0.462 e. The minimum atomic E-state index is -0.801. The molecule has 0 aromatic rings. The van der Waals surface area contributed by atoms with Crippen molar-refractivity contribution in [3.63, 3.8) is 0 Å². The summed E-state index contributed by atoms with van der Waals surface area (Å²) >= 11 is 0. The standard InChI is InChI=1S/C57H94O6/c1-4-7-10-13-16-19-22-24-26-27-28-29-31-32-35-38-41-44-47-50-56(59)62-53-54(52-61-55(58)49-46-43-40-37-34-21-18-15-12-9-6-3)63-57(60)51-48-45-42-39-36-33-30-25-23-20-17-14-11-8-5-2/h7,10,15-20,23-26,28-29,32,35,54H,4-6,8-9,11-14,21-22,27,30-31,33-34,36-53H2,1-3H3/b10-7-,18-15-,19-16-,20-17-,25-23-,26-24-,29-28-,35-32-. The van der Waals surface area contributed by atoms with E-state index in [1.54, 1.807) is 0 Å². The zero-order chi connectivity index (χ0) is 45.8. The number of carbonyl (C=O) groups is 3. The maximum atomic E-state index is 12.8. The number of allylic oxidation sites excluding steroid dienone is 16. The first-order valence-electron chi connectivity index (χ1n) is 25.8. The Morgan fingerprint density at radius 1 is 0.349 bits per heavy atom. The third-order valence-corrected chi connectivity index (χ3v) is 10.6. The summed E-state index contributed by atoms with van der Waals surface area (Å²) in [6.45, 7) is 6.40. The first-order valence-corrected chi connectivity index (χ1v) is 25.8. The van der Waals surface area contributed by atoms with Gasteiger partial charge in [-0.25, -0.2) is 0 Å². The third-order valence-electron chi connectivity index (χ3n) is 10.6. The number of carbonyl (C=O) groups excluding carboxylic acids is 3. The summed E-state index contributed by atoms with van der Waals surface area (Å²) in [6, 6.07) is 0. The predicted octanol–water partition coefficient (Wildman–Crippen LogP) is 17.0. The third kappa shape index (κ3) is 49.2. The monoisotopic (exact) mass is 875 g/mol. The molecular weight excluding hydrogens is 781 g/mol. The molecule has 0 heterocycles. The summed E-state index contributed by atoms with van der Waals surface area (Å²) in [5, 5.41) is 0. The largest absolute Gasteiger partial charge is 0.462 e. The molecule has 0 aromatic heterocycles. The normalized spacial score (nSPS) is 12.9. The van der Waals surface area contributed by atoms with Gasteiger partial charge in [0.25, 0.3) is 0 Å². The molecule has 358 valence electrons. The van der Waals surface area contributed by atoms with Crippen LogP contribution in [0.1, 0.15) is 226 Å². The Hall–Kier alpha value is -3.67. The Morgan fingerprint density at radius 2 is 0.683 bits per heavy atom. The van der Waals surface area contributed by atoms with Gasteiger partial charge in [0.15, 0.2) is 6.10 Å². The first-order chi connectivity index (χ1) is 31.0. The smallest absolute Gasteiger partial charge is 0.306 e. The van der Waals surface area contributed by atoms with E-state index in [-0.39, 0.29) is 31.1 Å². The van der Waals surface area contributed by atoms with E-state index < -0.39 is 6.10 Å². The quantitative estimate of drug-likeness (QED) is 0.0199. The van der Waals surface area contributed by atoms with Crippen molar-refractivity contribution < 1.29 is 28.6 Å². The fourth-order valence-corrected chi connectivity index (χ4v) is 6.67. The molecule has 6 heteroatoms. The van der Waals surface area contributed by atoms with Crippen LogP contribution in [-0.4, -0.2) is 37.2 Å². The van der Waals surface area contributed by atoms with E-state index in [0.29, 0.717) is 19.3 Å². The highest BCUT2D eigenvalue weighted by atomic mass is 16.6. The van der Waals surface area contributed by atoms with Gasteiger partial charge in [-0.05, 0) is 109 Å². The molecule has 0 aromatic carbocycles. The fourth-order valence-electron chi connectivity index (χ4n) is 6.67. The van der Waals surface area contributed by atoms with E-state index in [0.717, 1.165) is 122 Å².